The van der Waals surface area contributed by atoms with E-state index in [2.05, 4.69) is 103 Å². The molecule has 0 saturated heterocycles. The van der Waals surface area contributed by atoms with Gasteiger partial charge >= 0.3 is 0 Å². The Morgan fingerprint density at radius 3 is 1.77 bits per heavy atom. The molecular weight excluding hydrogens is 474 g/mol. The van der Waals surface area contributed by atoms with Gasteiger partial charge in [0, 0.05) is 22.6 Å². The van der Waals surface area contributed by atoms with Crippen molar-refractivity contribution in [2.24, 2.45) is 0 Å². The molecule has 2 nitrogen and oxygen atoms in total. The molecule has 8 rings (SSSR count). The van der Waals surface area contributed by atoms with Crippen LogP contribution < -0.4 is 0 Å². The highest BCUT2D eigenvalue weighted by molar-refractivity contribution is 6.13. The van der Waals surface area contributed by atoms with Crippen molar-refractivity contribution in [3.63, 3.8) is 0 Å². The Balaban J connectivity index is 1.22. The lowest BCUT2D eigenvalue weighted by Gasteiger charge is -2.10. The molecule has 2 heteroatoms. The predicted octanol–water partition coefficient (Wildman–Crippen LogP) is 10.4. The van der Waals surface area contributed by atoms with Crippen LogP contribution in [0.4, 0.5) is 0 Å². The highest BCUT2D eigenvalue weighted by Crippen LogP contribution is 2.36. The number of rotatable bonds is 3. The fourth-order valence-electron chi connectivity index (χ4n) is 5.94. The van der Waals surface area contributed by atoms with Crippen LogP contribution in [0.25, 0.3) is 76.5 Å². The van der Waals surface area contributed by atoms with Crippen molar-refractivity contribution in [2.45, 2.75) is 0 Å². The van der Waals surface area contributed by atoms with E-state index in [9.17, 15) is 0 Å². The van der Waals surface area contributed by atoms with Crippen LogP contribution in [0.5, 0.6) is 0 Å². The van der Waals surface area contributed by atoms with Gasteiger partial charge in [0.05, 0.1) is 0 Å². The summed E-state index contributed by atoms with van der Waals surface area (Å²) in [6.45, 7) is 0. The molecule has 39 heavy (non-hydrogen) atoms. The van der Waals surface area contributed by atoms with Gasteiger partial charge < -0.3 is 9.83 Å². The molecule has 7 aromatic carbocycles. The maximum Gasteiger partial charge on any atom is 0.136 e. The molecule has 0 amide bonds. The summed E-state index contributed by atoms with van der Waals surface area (Å²) in [4.78, 5) is 0. The molecule has 0 spiro atoms. The lowest BCUT2D eigenvalue weighted by molar-refractivity contribution is 0.669. The molecule has 1 heterocycles. The first-order valence-corrected chi connectivity index (χ1v) is 13.2. The van der Waals surface area contributed by atoms with Crippen LogP contribution in [0, 0.1) is 5.41 Å². The van der Waals surface area contributed by atoms with E-state index in [0.29, 0.717) is 0 Å². The minimum atomic E-state index is 0.816. The number of nitrogens with one attached hydrogen (secondary N) is 1. The third-order valence-corrected chi connectivity index (χ3v) is 7.94. The highest BCUT2D eigenvalue weighted by Gasteiger charge is 2.12. The normalized spacial score (nSPS) is 11.7. The van der Waals surface area contributed by atoms with E-state index in [0.717, 1.165) is 38.6 Å². The lowest BCUT2D eigenvalue weighted by Crippen LogP contribution is -1.84. The Hall–Kier alpha value is -5.21. The minimum Gasteiger partial charge on any atom is -0.456 e. The quantitative estimate of drug-likeness (QED) is 0.191. The molecular formula is C37H23NO. The number of hydrogen-bond donors (Lipinski definition) is 1. The van der Waals surface area contributed by atoms with Gasteiger partial charge in [-0.05, 0) is 91.0 Å². The average molecular weight is 498 g/mol. The third-order valence-electron chi connectivity index (χ3n) is 7.94. The van der Waals surface area contributed by atoms with E-state index in [1.807, 2.05) is 24.3 Å². The largest absolute Gasteiger partial charge is 0.456 e. The smallest absolute Gasteiger partial charge is 0.136 e. The van der Waals surface area contributed by atoms with E-state index in [1.54, 1.807) is 0 Å². The van der Waals surface area contributed by atoms with Gasteiger partial charge in [0.1, 0.15) is 11.2 Å². The minimum absolute atomic E-state index is 0.816. The van der Waals surface area contributed by atoms with Crippen molar-refractivity contribution < 1.29 is 4.42 Å². The zero-order valence-corrected chi connectivity index (χ0v) is 21.1. The number of benzene rings is 7. The Morgan fingerprint density at radius 2 is 1.03 bits per heavy atom. The first kappa shape index (κ1) is 21.8. The SMILES string of the molecule is N=Cc1cccc2oc3ccc(-c4ccc5cc(-c6ccc7ccc8ccccc8c7c6)ccc5c4)cc3c12. The molecule has 8 aromatic rings. The summed E-state index contributed by atoms with van der Waals surface area (Å²) in [5.74, 6) is 0. The molecule has 0 atom stereocenters. The van der Waals surface area contributed by atoms with E-state index < -0.39 is 0 Å². The maximum atomic E-state index is 7.84. The van der Waals surface area contributed by atoms with Gasteiger partial charge in [-0.25, -0.2) is 0 Å². The molecule has 0 aliphatic heterocycles. The third kappa shape index (κ3) is 3.46. The first-order valence-electron chi connectivity index (χ1n) is 13.2. The molecule has 1 N–H and O–H groups in total. The average Bonchev–Trinajstić information content (AvgIpc) is 3.38. The molecule has 0 fully saturated rings. The van der Waals surface area contributed by atoms with Crippen molar-refractivity contribution in [3.05, 3.63) is 133 Å². The summed E-state index contributed by atoms with van der Waals surface area (Å²) >= 11 is 0. The molecule has 0 bridgehead atoms. The van der Waals surface area contributed by atoms with Gasteiger partial charge in [0.2, 0.25) is 0 Å². The van der Waals surface area contributed by atoms with E-state index in [1.165, 1.54) is 49.7 Å². The molecule has 0 aliphatic carbocycles. The predicted molar refractivity (Wildman–Crippen MR) is 165 cm³/mol. The van der Waals surface area contributed by atoms with Gasteiger partial charge in [-0.2, -0.15) is 0 Å². The van der Waals surface area contributed by atoms with Crippen LogP contribution in [-0.4, -0.2) is 6.21 Å². The molecule has 1 aromatic heterocycles. The van der Waals surface area contributed by atoms with Crippen LogP contribution in [-0.2, 0) is 0 Å². The summed E-state index contributed by atoms with van der Waals surface area (Å²) in [5, 5.41) is 17.4. The first-order chi connectivity index (χ1) is 19.2. The topological polar surface area (TPSA) is 37.0 Å². The van der Waals surface area contributed by atoms with Crippen molar-refractivity contribution in [2.75, 3.05) is 0 Å². The maximum absolute atomic E-state index is 7.84. The Bertz CT molecular complexity index is 2250. The second-order valence-corrected chi connectivity index (χ2v) is 10.2. The monoisotopic (exact) mass is 497 g/mol. The van der Waals surface area contributed by atoms with Crippen LogP contribution in [0.2, 0.25) is 0 Å². The number of fused-ring (bicyclic) bond motifs is 7. The number of hydrogen-bond acceptors (Lipinski definition) is 2. The lowest BCUT2D eigenvalue weighted by atomic mass is 9.94. The standard InChI is InChI=1S/C37H23NO/c38-22-31-5-3-7-36-37(31)34-21-30(16-17-35(34)39-36)28-15-13-25-18-27(14-12-26(25)19-28)29-11-10-24-9-8-23-4-1-2-6-32(23)33(24)20-29/h1-22,38H. The second-order valence-electron chi connectivity index (χ2n) is 10.2. The zero-order chi connectivity index (χ0) is 25.9. The van der Waals surface area contributed by atoms with E-state index in [4.69, 9.17) is 9.83 Å². The fourth-order valence-corrected chi connectivity index (χ4v) is 5.94. The zero-order valence-electron chi connectivity index (χ0n) is 21.1. The Kier molecular flexibility index (Phi) is 4.71. The second kappa shape index (κ2) is 8.41. The summed E-state index contributed by atoms with van der Waals surface area (Å²) in [7, 11) is 0. The molecule has 0 aliphatic rings. The fraction of sp³-hybridized carbons (Fsp3) is 0. The van der Waals surface area contributed by atoms with Gasteiger partial charge in [-0.1, -0.05) is 91.0 Å². The van der Waals surface area contributed by atoms with E-state index in [-0.39, 0.29) is 0 Å². The molecule has 0 unspecified atom stereocenters. The van der Waals surface area contributed by atoms with Crippen molar-refractivity contribution in [1.29, 1.82) is 5.41 Å². The van der Waals surface area contributed by atoms with Crippen molar-refractivity contribution >= 4 is 60.5 Å². The van der Waals surface area contributed by atoms with Crippen molar-refractivity contribution in [3.8, 4) is 22.3 Å². The van der Waals surface area contributed by atoms with Crippen LogP contribution in [0.15, 0.2) is 132 Å². The van der Waals surface area contributed by atoms with Gasteiger partial charge in [-0.3, -0.25) is 0 Å². The summed E-state index contributed by atoms with van der Waals surface area (Å²) < 4.78 is 6.06. The number of furan rings is 1. The van der Waals surface area contributed by atoms with Crippen molar-refractivity contribution in [1.82, 2.24) is 0 Å². The van der Waals surface area contributed by atoms with Gasteiger partial charge in [0.15, 0.2) is 0 Å². The van der Waals surface area contributed by atoms with Crippen LogP contribution in [0.1, 0.15) is 5.56 Å². The Morgan fingerprint density at radius 1 is 0.436 bits per heavy atom. The van der Waals surface area contributed by atoms with Crippen LogP contribution in [0.3, 0.4) is 0 Å². The molecule has 0 saturated carbocycles. The van der Waals surface area contributed by atoms with Gasteiger partial charge in [-0.15, -0.1) is 0 Å². The summed E-state index contributed by atoms with van der Waals surface area (Å²) in [5.41, 5.74) is 7.27. The summed E-state index contributed by atoms with van der Waals surface area (Å²) in [6.07, 6.45) is 1.40. The summed E-state index contributed by atoms with van der Waals surface area (Å²) in [6, 6.07) is 45.4. The van der Waals surface area contributed by atoms with Gasteiger partial charge in [0.25, 0.3) is 0 Å². The Labute approximate surface area is 225 Å². The molecule has 0 radical (unpaired) electrons. The van der Waals surface area contributed by atoms with Crippen LogP contribution >= 0.6 is 0 Å². The molecule has 182 valence electrons. The van der Waals surface area contributed by atoms with E-state index >= 15 is 0 Å². The highest BCUT2D eigenvalue weighted by atomic mass is 16.3.